The van der Waals surface area contributed by atoms with Gasteiger partial charge in [-0.05, 0) is 61.4 Å². The van der Waals surface area contributed by atoms with Crippen LogP contribution in [0.2, 0.25) is 0 Å². The molecule has 2 bridgehead atoms. The van der Waals surface area contributed by atoms with Crippen molar-refractivity contribution in [2.24, 2.45) is 11.7 Å². The van der Waals surface area contributed by atoms with Crippen LogP contribution >= 0.6 is 12.4 Å². The van der Waals surface area contributed by atoms with Gasteiger partial charge in [-0.15, -0.1) is 12.4 Å². The molecule has 13 heteroatoms. The highest BCUT2D eigenvalue weighted by atomic mass is 35.5. The van der Waals surface area contributed by atoms with Crippen LogP contribution in [-0.2, 0) is 16.0 Å². The minimum absolute atomic E-state index is 0. The Morgan fingerprint density at radius 3 is 2.74 bits per heavy atom. The van der Waals surface area contributed by atoms with E-state index in [1.54, 1.807) is 18.2 Å². The second kappa shape index (κ2) is 15.6. The van der Waals surface area contributed by atoms with Gasteiger partial charge in [0, 0.05) is 38.4 Å². The Morgan fingerprint density at radius 1 is 1.21 bits per heavy atom. The fraction of sp³-hybridized carbons (Fsp3) is 0.500. The molecular weight excluding hydrogens is 579 g/mol. The number of fused-ring (bicyclic) bond motifs is 3. The van der Waals surface area contributed by atoms with Crippen LogP contribution in [0.1, 0.15) is 59.5 Å². The molecule has 2 atom stereocenters. The van der Waals surface area contributed by atoms with Crippen LogP contribution in [0.15, 0.2) is 36.5 Å². The maximum atomic E-state index is 14.8. The topological polar surface area (TPSA) is 147 Å². The van der Waals surface area contributed by atoms with Crippen LogP contribution in [0.3, 0.4) is 0 Å². The SMILES string of the molecule is CC(C)[C@@H]1CN(C(=O)c2ncccc2OCCN)CC(=O)NCCCc2ccc(F)c(c2)C(=O)N2CCC[C@H]2C(=O)N1.Cl. The Morgan fingerprint density at radius 2 is 2.00 bits per heavy atom. The lowest BCUT2D eigenvalue weighted by Crippen LogP contribution is -2.55. The molecule has 4 amide bonds. The lowest BCUT2D eigenvalue weighted by molar-refractivity contribution is -0.126. The van der Waals surface area contributed by atoms with Crippen molar-refractivity contribution in [2.45, 2.75) is 51.6 Å². The number of hydrogen-bond acceptors (Lipinski definition) is 7. The second-order valence-electron chi connectivity index (χ2n) is 11.0. The predicted molar refractivity (Wildman–Crippen MR) is 160 cm³/mol. The number of carbonyl (C=O) groups excluding carboxylic acids is 4. The van der Waals surface area contributed by atoms with E-state index in [2.05, 4.69) is 15.6 Å². The molecule has 0 unspecified atom stereocenters. The smallest absolute Gasteiger partial charge is 0.276 e. The van der Waals surface area contributed by atoms with Crippen molar-refractivity contribution in [3.63, 3.8) is 0 Å². The first kappa shape index (κ1) is 33.7. The molecule has 234 valence electrons. The Balaban J connectivity index is 0.00000506. The van der Waals surface area contributed by atoms with E-state index >= 15 is 0 Å². The number of aromatic nitrogens is 1. The Labute approximate surface area is 257 Å². The molecule has 3 heterocycles. The maximum absolute atomic E-state index is 14.8. The van der Waals surface area contributed by atoms with E-state index in [0.717, 1.165) is 5.56 Å². The van der Waals surface area contributed by atoms with Crippen molar-refractivity contribution < 1.29 is 28.3 Å². The van der Waals surface area contributed by atoms with E-state index < -0.39 is 29.7 Å². The zero-order chi connectivity index (χ0) is 30.2. The lowest BCUT2D eigenvalue weighted by Gasteiger charge is -2.32. The van der Waals surface area contributed by atoms with E-state index in [9.17, 15) is 23.6 Å². The number of ether oxygens (including phenoxy) is 1. The number of hydrogen-bond donors (Lipinski definition) is 3. The normalized spacial score (nSPS) is 20.1. The number of halogens is 2. The summed E-state index contributed by atoms with van der Waals surface area (Å²) in [5.74, 6) is -2.34. The first-order valence-corrected chi connectivity index (χ1v) is 14.4. The number of pyridine rings is 1. The highest BCUT2D eigenvalue weighted by molar-refractivity contribution is 5.99. The fourth-order valence-electron chi connectivity index (χ4n) is 5.22. The zero-order valence-electron chi connectivity index (χ0n) is 24.5. The summed E-state index contributed by atoms with van der Waals surface area (Å²) in [5.41, 5.74) is 6.29. The lowest BCUT2D eigenvalue weighted by atomic mass is 10.0. The predicted octanol–water partition coefficient (Wildman–Crippen LogP) is 1.93. The van der Waals surface area contributed by atoms with Crippen LogP contribution in [0.5, 0.6) is 5.75 Å². The number of benzene rings is 1. The van der Waals surface area contributed by atoms with Gasteiger partial charge in [0.15, 0.2) is 11.4 Å². The van der Waals surface area contributed by atoms with Crippen molar-refractivity contribution in [3.8, 4) is 5.75 Å². The van der Waals surface area contributed by atoms with Gasteiger partial charge in [0.2, 0.25) is 11.8 Å². The van der Waals surface area contributed by atoms with E-state index in [0.29, 0.717) is 38.8 Å². The van der Waals surface area contributed by atoms with Crippen molar-refractivity contribution in [1.29, 1.82) is 0 Å². The van der Waals surface area contributed by atoms with Crippen molar-refractivity contribution in [2.75, 3.05) is 39.3 Å². The summed E-state index contributed by atoms with van der Waals surface area (Å²) in [6.45, 7) is 4.61. The number of carbonyl (C=O) groups is 4. The van der Waals surface area contributed by atoms with Crippen LogP contribution < -0.4 is 21.1 Å². The molecule has 2 aromatic rings. The number of rotatable bonds is 5. The molecule has 4 N–H and O–H groups in total. The van der Waals surface area contributed by atoms with Gasteiger partial charge >= 0.3 is 0 Å². The second-order valence-corrected chi connectivity index (χ2v) is 11.0. The zero-order valence-corrected chi connectivity index (χ0v) is 25.3. The molecule has 0 spiro atoms. The largest absolute Gasteiger partial charge is 0.490 e. The van der Waals surface area contributed by atoms with E-state index in [-0.39, 0.29) is 73.4 Å². The third-order valence-electron chi connectivity index (χ3n) is 7.56. The molecule has 43 heavy (non-hydrogen) atoms. The molecule has 1 saturated heterocycles. The minimum Gasteiger partial charge on any atom is -0.490 e. The molecule has 1 aromatic heterocycles. The summed E-state index contributed by atoms with van der Waals surface area (Å²) in [5, 5.41) is 5.84. The minimum atomic E-state index is -0.781. The maximum Gasteiger partial charge on any atom is 0.276 e. The van der Waals surface area contributed by atoms with Gasteiger partial charge in [0.25, 0.3) is 11.8 Å². The summed E-state index contributed by atoms with van der Waals surface area (Å²) in [6.07, 6.45) is 3.54. The third kappa shape index (κ3) is 8.41. The first-order chi connectivity index (χ1) is 20.2. The van der Waals surface area contributed by atoms with Gasteiger partial charge in [-0.1, -0.05) is 19.9 Å². The van der Waals surface area contributed by atoms with Gasteiger partial charge in [0.05, 0.1) is 12.1 Å². The summed E-state index contributed by atoms with van der Waals surface area (Å²) < 4.78 is 20.4. The standard InChI is InChI=1S/C30H39FN6O5.ClH/c1-19(2)23-17-36(30(41)27-25(42-15-11-32)8-4-13-34-27)18-26(38)33-12-3-6-20-9-10-22(31)21(16-20)29(40)37-14-5-7-24(37)28(39)35-23;/h4,8-10,13,16,19,23-24H,3,5-7,11-12,14-15,17-18,32H2,1-2H3,(H,33,38)(H,35,39);1H/t23-,24-;/m0./s1. The van der Waals surface area contributed by atoms with Gasteiger partial charge in [-0.3, -0.25) is 19.2 Å². The van der Waals surface area contributed by atoms with Crippen LogP contribution in [0, 0.1) is 11.7 Å². The summed E-state index contributed by atoms with van der Waals surface area (Å²) in [4.78, 5) is 60.8. The fourth-order valence-corrected chi connectivity index (χ4v) is 5.22. The van der Waals surface area contributed by atoms with Crippen molar-refractivity contribution >= 4 is 36.0 Å². The molecule has 4 rings (SSSR count). The summed E-state index contributed by atoms with van der Waals surface area (Å²) in [7, 11) is 0. The Hall–Kier alpha value is -3.77. The Kier molecular flexibility index (Phi) is 12.3. The Bertz CT molecular complexity index is 1310. The van der Waals surface area contributed by atoms with Gasteiger partial charge in [-0.2, -0.15) is 0 Å². The van der Waals surface area contributed by atoms with Crippen molar-refractivity contribution in [1.82, 2.24) is 25.4 Å². The molecule has 0 radical (unpaired) electrons. The highest BCUT2D eigenvalue weighted by Crippen LogP contribution is 2.24. The van der Waals surface area contributed by atoms with Crippen LogP contribution in [0.4, 0.5) is 4.39 Å². The average molecular weight is 619 g/mol. The third-order valence-corrected chi connectivity index (χ3v) is 7.56. The van der Waals surface area contributed by atoms with Gasteiger partial charge in [-0.25, -0.2) is 9.37 Å². The quantitative estimate of drug-likeness (QED) is 0.464. The number of amides is 4. The summed E-state index contributed by atoms with van der Waals surface area (Å²) in [6, 6.07) is 6.32. The molecule has 0 aliphatic carbocycles. The highest BCUT2D eigenvalue weighted by Gasteiger charge is 2.37. The molecule has 11 nitrogen and oxygen atoms in total. The van der Waals surface area contributed by atoms with Gasteiger partial charge < -0.3 is 30.9 Å². The van der Waals surface area contributed by atoms with E-state index in [1.165, 1.54) is 28.1 Å². The molecular formula is C30H40ClFN6O5. The molecule has 0 saturated carbocycles. The average Bonchev–Trinajstić information content (AvgIpc) is 3.47. The van der Waals surface area contributed by atoms with Crippen LogP contribution in [-0.4, -0.2) is 89.8 Å². The molecule has 1 aromatic carbocycles. The number of nitrogens with two attached hydrogens (primary N) is 1. The molecule has 2 aliphatic heterocycles. The number of aryl methyl sites for hydroxylation is 1. The number of nitrogens with zero attached hydrogens (tertiary/aromatic N) is 3. The van der Waals surface area contributed by atoms with E-state index in [1.807, 2.05) is 13.8 Å². The molecule has 1 fully saturated rings. The van der Waals surface area contributed by atoms with Crippen molar-refractivity contribution in [3.05, 3.63) is 59.2 Å². The number of nitrogens with one attached hydrogen (secondary N) is 2. The van der Waals surface area contributed by atoms with Crippen LogP contribution in [0.25, 0.3) is 0 Å². The van der Waals surface area contributed by atoms with E-state index in [4.69, 9.17) is 10.5 Å². The monoisotopic (exact) mass is 618 g/mol. The summed E-state index contributed by atoms with van der Waals surface area (Å²) >= 11 is 0. The molecule has 2 aliphatic rings. The first-order valence-electron chi connectivity index (χ1n) is 14.4. The van der Waals surface area contributed by atoms with Gasteiger partial charge in [0.1, 0.15) is 18.5 Å².